The molecule has 39 heavy (non-hydrogen) atoms. The van der Waals surface area contributed by atoms with Crippen molar-refractivity contribution in [2.75, 3.05) is 11.9 Å². The van der Waals surface area contributed by atoms with Crippen LogP contribution in [0.3, 0.4) is 0 Å². The maximum absolute atomic E-state index is 13.8. The van der Waals surface area contributed by atoms with E-state index in [1.807, 2.05) is 10.6 Å². The second-order valence-electron chi connectivity index (χ2n) is 7.79. The number of aliphatic carboxylic acids is 1. The fourth-order valence-corrected chi connectivity index (χ4v) is 2.92. The van der Waals surface area contributed by atoms with Crippen molar-refractivity contribution < 1.29 is 60.2 Å². The molecule has 0 spiro atoms. The van der Waals surface area contributed by atoms with Gasteiger partial charge in [-0.15, -0.1) is 0 Å². The van der Waals surface area contributed by atoms with E-state index in [0.717, 1.165) is 25.1 Å². The van der Waals surface area contributed by atoms with E-state index < -0.39 is 107 Å². The molecule has 0 aliphatic carbocycles. The van der Waals surface area contributed by atoms with Gasteiger partial charge in [0.15, 0.2) is 23.2 Å². The lowest BCUT2D eigenvalue weighted by Crippen LogP contribution is -2.52. The van der Waals surface area contributed by atoms with Crippen molar-refractivity contribution in [2.45, 2.75) is 31.8 Å². The van der Waals surface area contributed by atoms with Crippen LogP contribution < -0.4 is 20.7 Å². The average Bonchev–Trinajstić information content (AvgIpc) is 2.86. The van der Waals surface area contributed by atoms with Crippen LogP contribution >= 0.6 is 0 Å². The van der Waals surface area contributed by atoms with E-state index in [-0.39, 0.29) is 6.07 Å². The van der Waals surface area contributed by atoms with E-state index in [1.54, 1.807) is 5.32 Å². The fourth-order valence-electron chi connectivity index (χ4n) is 2.92. The van der Waals surface area contributed by atoms with Gasteiger partial charge in [0.25, 0.3) is 0 Å². The number of nitrogens with one attached hydrogen (secondary N) is 3. The number of carboxylic acids is 1. The zero-order valence-electron chi connectivity index (χ0n) is 19.7. The molecule has 2 aromatic rings. The van der Waals surface area contributed by atoms with Crippen LogP contribution in [0.1, 0.15) is 19.8 Å². The van der Waals surface area contributed by atoms with E-state index in [2.05, 4.69) is 4.74 Å². The number of Topliss-reactive ketones (excluding diaryl/α,β-unsaturated/α-hetero) is 1. The number of carbonyl (C=O) groups excluding carboxylic acids is 4. The quantitative estimate of drug-likeness (QED) is 0.185. The summed E-state index contributed by atoms with van der Waals surface area (Å²) in [5.74, 6) is -18.3. The number of amides is 3. The minimum absolute atomic E-state index is 0.0992. The molecule has 10 nitrogen and oxygen atoms in total. The molecule has 0 aliphatic rings. The minimum atomic E-state index is -1.95. The van der Waals surface area contributed by atoms with Gasteiger partial charge in [0.1, 0.15) is 30.0 Å². The number of carbonyl (C=O) groups is 5. The van der Waals surface area contributed by atoms with E-state index >= 15 is 0 Å². The molecule has 0 fully saturated rings. The fraction of sp³-hybridized carbons (Fsp3) is 0.261. The smallest absolute Gasteiger partial charge is 0.313 e. The summed E-state index contributed by atoms with van der Waals surface area (Å²) >= 11 is 0. The van der Waals surface area contributed by atoms with Gasteiger partial charge in [0, 0.05) is 12.5 Å². The average molecular weight is 563 g/mol. The summed E-state index contributed by atoms with van der Waals surface area (Å²) in [6, 6.07) is -0.765. The number of ether oxygens (including phenoxy) is 1. The standard InChI is InChI=1S/C23H19F6N3O7/c1-9(30-22(37)23(38)32-19-10(24)3-2-4-11(19)25)21(36)31-14(5-6-16(34)35)15(33)8-39-20-17(28)12(26)7-13(27)18(20)29/h2-4,7,9,14H,5-6,8H2,1H3,(H,30,37)(H,31,36)(H,32,38)(H,34,35)/t9-,14-/m0/s1. The minimum Gasteiger partial charge on any atom is -0.481 e. The molecule has 2 rings (SSSR count). The van der Waals surface area contributed by atoms with Crippen LogP contribution in [0.2, 0.25) is 0 Å². The Labute approximate surface area is 215 Å². The zero-order valence-corrected chi connectivity index (χ0v) is 19.7. The number of para-hydroxylation sites is 1. The third-order valence-corrected chi connectivity index (χ3v) is 4.93. The van der Waals surface area contributed by atoms with Crippen molar-refractivity contribution in [1.82, 2.24) is 10.6 Å². The summed E-state index contributed by atoms with van der Waals surface area (Å²) in [5, 5.41) is 14.5. The molecule has 3 amide bonds. The molecule has 0 saturated carbocycles. The summed E-state index contributed by atoms with van der Waals surface area (Å²) in [7, 11) is 0. The van der Waals surface area contributed by atoms with Crippen LogP contribution in [-0.4, -0.2) is 53.3 Å². The molecule has 0 heterocycles. The second-order valence-corrected chi connectivity index (χ2v) is 7.79. The Kier molecular flexibility index (Phi) is 10.4. The first-order valence-corrected chi connectivity index (χ1v) is 10.8. The highest BCUT2D eigenvalue weighted by Gasteiger charge is 2.28. The Morgan fingerprint density at radius 2 is 1.44 bits per heavy atom. The lowest BCUT2D eigenvalue weighted by atomic mass is 10.1. The maximum atomic E-state index is 13.8. The van der Waals surface area contributed by atoms with Crippen LogP contribution in [0.15, 0.2) is 24.3 Å². The Morgan fingerprint density at radius 3 is 1.97 bits per heavy atom. The summed E-state index contributed by atoms with van der Waals surface area (Å²) in [6.07, 6.45) is -1.29. The largest absolute Gasteiger partial charge is 0.481 e. The number of anilines is 1. The molecule has 0 saturated heterocycles. The lowest BCUT2D eigenvalue weighted by molar-refractivity contribution is -0.139. The number of benzene rings is 2. The summed E-state index contributed by atoms with van der Waals surface area (Å²) < 4.78 is 86.0. The second kappa shape index (κ2) is 13.3. The van der Waals surface area contributed by atoms with Gasteiger partial charge in [-0.2, -0.15) is 8.78 Å². The van der Waals surface area contributed by atoms with Gasteiger partial charge in [-0.05, 0) is 25.5 Å². The van der Waals surface area contributed by atoms with Crippen molar-refractivity contribution in [2.24, 2.45) is 0 Å². The summed E-state index contributed by atoms with van der Waals surface area (Å²) in [5.41, 5.74) is -0.930. The molecular weight excluding hydrogens is 544 g/mol. The third kappa shape index (κ3) is 8.18. The number of halogens is 6. The zero-order chi connectivity index (χ0) is 29.4. The third-order valence-electron chi connectivity index (χ3n) is 4.93. The number of carboxylic acid groups (broad SMARTS) is 1. The summed E-state index contributed by atoms with van der Waals surface area (Å²) in [6.45, 7) is -0.238. The summed E-state index contributed by atoms with van der Waals surface area (Å²) in [4.78, 5) is 59.9. The molecular formula is C23H19F6N3O7. The number of hydrogen-bond donors (Lipinski definition) is 4. The number of ketones is 1. The van der Waals surface area contributed by atoms with Gasteiger partial charge >= 0.3 is 17.8 Å². The van der Waals surface area contributed by atoms with Crippen LogP contribution in [0.5, 0.6) is 5.75 Å². The van der Waals surface area contributed by atoms with Crippen LogP contribution in [0, 0.1) is 34.9 Å². The normalized spacial score (nSPS) is 12.2. The Hall–Kier alpha value is -4.63. The van der Waals surface area contributed by atoms with Crippen molar-refractivity contribution in [1.29, 1.82) is 0 Å². The predicted octanol–water partition coefficient (Wildman–Crippen LogP) is 1.96. The van der Waals surface area contributed by atoms with Crippen LogP contribution in [0.25, 0.3) is 0 Å². The van der Waals surface area contributed by atoms with E-state index in [9.17, 15) is 50.3 Å². The predicted molar refractivity (Wildman–Crippen MR) is 118 cm³/mol. The molecule has 0 aliphatic heterocycles. The number of rotatable bonds is 11. The highest BCUT2D eigenvalue weighted by molar-refractivity contribution is 6.40. The van der Waals surface area contributed by atoms with Crippen molar-refractivity contribution in [3.8, 4) is 5.75 Å². The van der Waals surface area contributed by atoms with E-state index in [4.69, 9.17) is 5.11 Å². The van der Waals surface area contributed by atoms with Gasteiger partial charge < -0.3 is 25.8 Å². The SMILES string of the molecule is C[C@H](NC(=O)C(=O)Nc1c(F)cccc1F)C(=O)N[C@@H](CCC(=O)O)C(=O)COc1c(F)c(F)cc(F)c1F. The Balaban J connectivity index is 2.06. The number of hydrogen-bond acceptors (Lipinski definition) is 6. The molecule has 2 atom stereocenters. The Morgan fingerprint density at radius 1 is 0.872 bits per heavy atom. The van der Waals surface area contributed by atoms with Gasteiger partial charge in [0.2, 0.25) is 17.5 Å². The van der Waals surface area contributed by atoms with Gasteiger partial charge in [-0.1, -0.05) is 6.07 Å². The molecule has 2 aromatic carbocycles. The van der Waals surface area contributed by atoms with Crippen molar-refractivity contribution in [3.05, 3.63) is 59.2 Å². The van der Waals surface area contributed by atoms with Gasteiger partial charge in [-0.25, -0.2) is 17.6 Å². The van der Waals surface area contributed by atoms with Crippen LogP contribution in [-0.2, 0) is 24.0 Å². The van der Waals surface area contributed by atoms with E-state index in [0.29, 0.717) is 0 Å². The highest BCUT2D eigenvalue weighted by atomic mass is 19.2. The maximum Gasteiger partial charge on any atom is 0.313 e. The molecule has 0 bridgehead atoms. The van der Waals surface area contributed by atoms with Gasteiger partial charge in [0.05, 0.1) is 6.04 Å². The molecule has 210 valence electrons. The first-order valence-electron chi connectivity index (χ1n) is 10.8. The molecule has 0 radical (unpaired) electrons. The highest BCUT2D eigenvalue weighted by Crippen LogP contribution is 2.26. The Bertz CT molecular complexity index is 1260. The van der Waals surface area contributed by atoms with Crippen molar-refractivity contribution >= 4 is 35.2 Å². The molecule has 16 heteroatoms. The molecule has 0 unspecified atom stereocenters. The van der Waals surface area contributed by atoms with E-state index in [1.165, 1.54) is 0 Å². The first kappa shape index (κ1) is 30.6. The monoisotopic (exact) mass is 563 g/mol. The topological polar surface area (TPSA) is 151 Å². The molecule has 4 N–H and O–H groups in total. The lowest BCUT2D eigenvalue weighted by Gasteiger charge is -2.20. The van der Waals surface area contributed by atoms with Crippen LogP contribution in [0.4, 0.5) is 32.0 Å². The molecule has 0 aromatic heterocycles. The van der Waals surface area contributed by atoms with Gasteiger partial charge in [-0.3, -0.25) is 24.0 Å². The first-order chi connectivity index (χ1) is 18.2. The van der Waals surface area contributed by atoms with Crippen molar-refractivity contribution in [3.63, 3.8) is 0 Å².